The lowest BCUT2D eigenvalue weighted by Gasteiger charge is -2.61. The highest BCUT2D eigenvalue weighted by molar-refractivity contribution is 5.10. The molecule has 146 valence electrons. The molecule has 0 radical (unpaired) electrons. The van der Waals surface area contributed by atoms with Crippen LogP contribution in [0.15, 0.2) is 0 Å². The van der Waals surface area contributed by atoms with Gasteiger partial charge in [0, 0.05) is 6.42 Å². The summed E-state index contributed by atoms with van der Waals surface area (Å²) in [5.41, 5.74) is 0.0595. The summed E-state index contributed by atoms with van der Waals surface area (Å²) in [7, 11) is 0. The summed E-state index contributed by atoms with van der Waals surface area (Å²) in [5.74, 6) is 1.36. The van der Waals surface area contributed by atoms with Crippen LogP contribution in [0.25, 0.3) is 0 Å². The Labute approximate surface area is 156 Å². The maximum absolute atomic E-state index is 11.0. The van der Waals surface area contributed by atoms with Gasteiger partial charge in [0.25, 0.3) is 0 Å². The van der Waals surface area contributed by atoms with Gasteiger partial charge in [0.05, 0.1) is 17.3 Å². The van der Waals surface area contributed by atoms with Crippen molar-refractivity contribution in [3.8, 4) is 0 Å². The van der Waals surface area contributed by atoms with E-state index in [1.165, 1.54) is 19.3 Å². The first kappa shape index (κ1) is 19.7. The zero-order chi connectivity index (χ0) is 18.9. The van der Waals surface area contributed by atoms with Gasteiger partial charge in [0.2, 0.25) is 0 Å². The largest absolute Gasteiger partial charge is 0.390 e. The van der Waals surface area contributed by atoms with E-state index in [1.54, 1.807) is 0 Å². The summed E-state index contributed by atoms with van der Waals surface area (Å²) in [6.45, 7) is 18.9. The van der Waals surface area contributed by atoms with Gasteiger partial charge >= 0.3 is 0 Å². The van der Waals surface area contributed by atoms with Gasteiger partial charge in [-0.3, -0.25) is 0 Å². The molecule has 4 aliphatic rings. The fourth-order valence-electron chi connectivity index (χ4n) is 6.89. The third-order valence-corrected chi connectivity index (χ3v) is 7.91. The van der Waals surface area contributed by atoms with E-state index in [4.69, 9.17) is 4.74 Å². The normalized spacial score (nSPS) is 41.6. The summed E-state index contributed by atoms with van der Waals surface area (Å²) in [4.78, 5) is 0. The molecular formula is C23H42O2. The van der Waals surface area contributed by atoms with Gasteiger partial charge in [-0.15, -0.1) is 0 Å². The molecule has 4 unspecified atom stereocenters. The summed E-state index contributed by atoms with van der Waals surface area (Å²) >= 11 is 0. The average Bonchev–Trinajstić information content (AvgIpc) is 2.30. The van der Waals surface area contributed by atoms with Gasteiger partial charge in [-0.2, -0.15) is 0 Å². The van der Waals surface area contributed by atoms with Gasteiger partial charge in [0.1, 0.15) is 0 Å². The van der Waals surface area contributed by atoms with Crippen LogP contribution in [0.1, 0.15) is 100 Å². The molecule has 1 N–H and O–H groups in total. The van der Waals surface area contributed by atoms with E-state index in [9.17, 15) is 5.11 Å². The molecule has 4 bridgehead atoms. The second kappa shape index (κ2) is 5.71. The zero-order valence-corrected chi connectivity index (χ0v) is 18.0. The summed E-state index contributed by atoms with van der Waals surface area (Å²) in [6, 6.07) is 0. The lowest BCUT2D eigenvalue weighted by molar-refractivity contribution is -0.256. The Bertz CT molecular complexity index is 495. The minimum Gasteiger partial charge on any atom is -0.390 e. The van der Waals surface area contributed by atoms with E-state index in [0.717, 1.165) is 25.7 Å². The van der Waals surface area contributed by atoms with Gasteiger partial charge in [-0.05, 0) is 73.5 Å². The molecule has 4 aliphatic carbocycles. The molecule has 0 aromatic carbocycles. The second-order valence-electron chi connectivity index (χ2n) is 12.5. The maximum Gasteiger partial charge on any atom is 0.0719 e. The van der Waals surface area contributed by atoms with Crippen LogP contribution in [0.2, 0.25) is 0 Å². The first-order valence-electron chi connectivity index (χ1n) is 10.6. The van der Waals surface area contributed by atoms with Gasteiger partial charge in [-0.25, -0.2) is 0 Å². The molecule has 4 fully saturated rings. The van der Waals surface area contributed by atoms with Crippen LogP contribution in [-0.4, -0.2) is 22.4 Å². The number of hydrogen-bond donors (Lipinski definition) is 1. The molecule has 0 heterocycles. The molecule has 4 rings (SSSR count). The Kier molecular flexibility index (Phi) is 4.49. The monoisotopic (exact) mass is 350 g/mol. The van der Waals surface area contributed by atoms with Gasteiger partial charge in [0.15, 0.2) is 0 Å². The number of hydrogen-bond acceptors (Lipinski definition) is 2. The van der Waals surface area contributed by atoms with Crippen LogP contribution in [0.5, 0.6) is 0 Å². The van der Waals surface area contributed by atoms with Gasteiger partial charge < -0.3 is 9.84 Å². The second-order valence-corrected chi connectivity index (χ2v) is 12.5. The molecule has 25 heavy (non-hydrogen) atoms. The minimum absolute atomic E-state index is 0.0668. The zero-order valence-electron chi connectivity index (χ0n) is 18.0. The molecule has 0 saturated heterocycles. The maximum atomic E-state index is 11.0. The topological polar surface area (TPSA) is 29.5 Å². The molecule has 2 nitrogen and oxygen atoms in total. The molecule has 4 atom stereocenters. The molecular weight excluding hydrogens is 308 g/mol. The highest BCUT2D eigenvalue weighted by atomic mass is 16.5. The molecule has 0 spiro atoms. The van der Waals surface area contributed by atoms with Crippen molar-refractivity contribution in [2.45, 2.75) is 118 Å². The van der Waals surface area contributed by atoms with E-state index >= 15 is 0 Å². The van der Waals surface area contributed by atoms with Gasteiger partial charge in [-0.1, -0.05) is 48.5 Å². The van der Waals surface area contributed by atoms with E-state index in [2.05, 4.69) is 55.4 Å². The Morgan fingerprint density at radius 1 is 0.960 bits per heavy atom. The molecule has 4 saturated carbocycles. The summed E-state index contributed by atoms with van der Waals surface area (Å²) < 4.78 is 6.99. The van der Waals surface area contributed by atoms with E-state index in [1.807, 2.05) is 0 Å². The van der Waals surface area contributed by atoms with Crippen LogP contribution in [0.3, 0.4) is 0 Å². The van der Waals surface area contributed by atoms with Crippen LogP contribution in [-0.2, 0) is 4.74 Å². The van der Waals surface area contributed by atoms with Crippen molar-refractivity contribution in [1.29, 1.82) is 0 Å². The highest BCUT2D eigenvalue weighted by Crippen LogP contribution is 2.60. The molecule has 0 aromatic heterocycles. The van der Waals surface area contributed by atoms with E-state index < -0.39 is 5.60 Å². The fourth-order valence-corrected chi connectivity index (χ4v) is 6.89. The Morgan fingerprint density at radius 2 is 1.48 bits per heavy atom. The lowest BCUT2D eigenvalue weighted by atomic mass is 9.52. The first-order valence-corrected chi connectivity index (χ1v) is 10.6. The van der Waals surface area contributed by atoms with Crippen LogP contribution < -0.4 is 0 Å². The van der Waals surface area contributed by atoms with Crippen molar-refractivity contribution in [2.75, 3.05) is 0 Å². The highest BCUT2D eigenvalue weighted by Gasteiger charge is 2.59. The molecule has 0 aliphatic heterocycles. The fraction of sp³-hybridized carbons (Fsp3) is 1.00. The number of ether oxygens (including phenoxy) is 1. The first-order chi connectivity index (χ1) is 11.2. The predicted octanol–water partition coefficient (Wildman–Crippen LogP) is 5.96. The van der Waals surface area contributed by atoms with Crippen LogP contribution >= 0.6 is 0 Å². The lowest BCUT2D eigenvalue weighted by Crippen LogP contribution is -2.62. The Morgan fingerprint density at radius 3 is 1.88 bits per heavy atom. The van der Waals surface area contributed by atoms with Crippen molar-refractivity contribution in [1.82, 2.24) is 0 Å². The summed E-state index contributed by atoms with van der Waals surface area (Å²) in [5, 5.41) is 11.0. The van der Waals surface area contributed by atoms with Crippen molar-refractivity contribution in [2.24, 2.45) is 28.1 Å². The quantitative estimate of drug-likeness (QED) is 0.677. The third-order valence-electron chi connectivity index (χ3n) is 7.91. The van der Waals surface area contributed by atoms with Crippen molar-refractivity contribution < 1.29 is 9.84 Å². The molecule has 0 aromatic rings. The number of aliphatic hydroxyl groups is 1. The van der Waals surface area contributed by atoms with Crippen molar-refractivity contribution >= 4 is 0 Å². The van der Waals surface area contributed by atoms with Crippen molar-refractivity contribution in [3.05, 3.63) is 0 Å². The molecule has 2 heteroatoms. The Hall–Kier alpha value is -0.0800. The summed E-state index contributed by atoms with van der Waals surface area (Å²) in [6.07, 6.45) is 7.91. The van der Waals surface area contributed by atoms with Crippen LogP contribution in [0.4, 0.5) is 0 Å². The Balaban J connectivity index is 1.83. The average molecular weight is 351 g/mol. The van der Waals surface area contributed by atoms with E-state index in [-0.39, 0.29) is 27.9 Å². The standard InChI is InChI=1S/C23H42O2/c1-16(21(8,20(5,6)7)14-19(2,3)4)25-23-12-17-9-18(13-23)11-22(24,10-17)15-23/h16-18,24H,9-15H2,1-8H3. The minimum atomic E-state index is -0.439. The third kappa shape index (κ3) is 3.68. The van der Waals surface area contributed by atoms with Crippen LogP contribution in [0, 0.1) is 28.1 Å². The predicted molar refractivity (Wildman–Crippen MR) is 105 cm³/mol. The molecule has 0 amide bonds. The smallest absolute Gasteiger partial charge is 0.0719 e. The number of rotatable bonds is 4. The van der Waals surface area contributed by atoms with E-state index in [0.29, 0.717) is 11.8 Å². The van der Waals surface area contributed by atoms with Crippen molar-refractivity contribution in [3.63, 3.8) is 0 Å². The SMILES string of the molecule is CC(OC12CC3CC(CC(O)(C3)C1)C2)C(C)(CC(C)(C)C)C(C)(C)C.